The van der Waals surface area contributed by atoms with Gasteiger partial charge in [-0.05, 0) is 29.8 Å². The highest BCUT2D eigenvalue weighted by Gasteiger charge is 2.07. The maximum absolute atomic E-state index is 6.12. The fourth-order valence-corrected chi connectivity index (χ4v) is 2.54. The van der Waals surface area contributed by atoms with Crippen LogP contribution in [0.25, 0.3) is 11.0 Å². The average Bonchev–Trinajstić information content (AvgIpc) is 2.82. The van der Waals surface area contributed by atoms with Crippen LogP contribution in [0.5, 0.6) is 0 Å². The number of halogens is 2. The summed E-state index contributed by atoms with van der Waals surface area (Å²) in [5.74, 6) is 0. The molecule has 0 aliphatic rings. The highest BCUT2D eigenvalue weighted by molar-refractivity contribution is 6.39. The number of aromatic nitrogens is 2. The molecule has 0 amide bonds. The first-order chi connectivity index (χ1) is 9.25. The maximum Gasteiger partial charge on any atom is 0.137 e. The Morgan fingerprint density at radius 3 is 2.68 bits per heavy atom. The number of H-pyrrole nitrogens is 1. The lowest BCUT2D eigenvalue weighted by molar-refractivity contribution is 1.16. The minimum atomic E-state index is 0.616. The Hall–Kier alpha value is -1.71. The molecule has 0 unspecified atom stereocenters. The average molecular weight is 292 g/mol. The molecule has 0 saturated carbocycles. The van der Waals surface area contributed by atoms with Gasteiger partial charge >= 0.3 is 0 Å². The SMILES string of the molecule is Clc1cccc(Cl)c1NCc1c[nH]c2ncccc12. The van der Waals surface area contributed by atoms with Gasteiger partial charge in [0.1, 0.15) is 5.65 Å². The molecule has 19 heavy (non-hydrogen) atoms. The monoisotopic (exact) mass is 291 g/mol. The molecule has 0 radical (unpaired) electrons. The van der Waals surface area contributed by atoms with E-state index >= 15 is 0 Å². The summed E-state index contributed by atoms with van der Waals surface area (Å²) in [4.78, 5) is 7.39. The Bertz CT molecular complexity index is 701. The molecule has 2 N–H and O–H groups in total. The van der Waals surface area contributed by atoms with Gasteiger partial charge in [0.15, 0.2) is 0 Å². The fraction of sp³-hybridized carbons (Fsp3) is 0.0714. The summed E-state index contributed by atoms with van der Waals surface area (Å²) < 4.78 is 0. The lowest BCUT2D eigenvalue weighted by Gasteiger charge is -2.09. The number of aromatic amines is 1. The van der Waals surface area contributed by atoms with Crippen LogP contribution in [0.1, 0.15) is 5.56 Å². The maximum atomic E-state index is 6.12. The van der Waals surface area contributed by atoms with Crippen LogP contribution in [0, 0.1) is 0 Å². The summed E-state index contributed by atoms with van der Waals surface area (Å²) in [5.41, 5.74) is 2.76. The van der Waals surface area contributed by atoms with E-state index in [4.69, 9.17) is 23.2 Å². The highest BCUT2D eigenvalue weighted by atomic mass is 35.5. The van der Waals surface area contributed by atoms with Crippen LogP contribution in [0.15, 0.2) is 42.7 Å². The lowest BCUT2D eigenvalue weighted by atomic mass is 10.2. The molecular formula is C14H11Cl2N3. The number of nitrogens with one attached hydrogen (secondary N) is 2. The predicted molar refractivity (Wildman–Crippen MR) is 79.9 cm³/mol. The van der Waals surface area contributed by atoms with Crippen LogP contribution >= 0.6 is 23.2 Å². The van der Waals surface area contributed by atoms with Crippen molar-refractivity contribution in [2.24, 2.45) is 0 Å². The van der Waals surface area contributed by atoms with Crippen molar-refractivity contribution in [2.45, 2.75) is 6.54 Å². The summed E-state index contributed by atoms with van der Waals surface area (Å²) in [5, 5.41) is 5.59. The molecule has 0 spiro atoms. The molecule has 0 atom stereocenters. The van der Waals surface area contributed by atoms with Gasteiger partial charge in [-0.3, -0.25) is 0 Å². The van der Waals surface area contributed by atoms with Gasteiger partial charge in [0.05, 0.1) is 15.7 Å². The summed E-state index contributed by atoms with van der Waals surface area (Å²) in [7, 11) is 0. The molecule has 1 aromatic carbocycles. The van der Waals surface area contributed by atoms with Crippen molar-refractivity contribution in [3.63, 3.8) is 0 Å². The Labute approximate surface area is 120 Å². The van der Waals surface area contributed by atoms with E-state index < -0.39 is 0 Å². The van der Waals surface area contributed by atoms with E-state index in [-0.39, 0.29) is 0 Å². The summed E-state index contributed by atoms with van der Waals surface area (Å²) >= 11 is 12.2. The Kier molecular flexibility index (Phi) is 3.32. The van der Waals surface area contributed by atoms with E-state index in [9.17, 15) is 0 Å². The first kappa shape index (κ1) is 12.3. The van der Waals surface area contributed by atoms with Crippen LogP contribution in [-0.2, 0) is 6.54 Å². The van der Waals surface area contributed by atoms with Crippen LogP contribution in [0.4, 0.5) is 5.69 Å². The molecule has 2 aromatic heterocycles. The Morgan fingerprint density at radius 2 is 1.89 bits per heavy atom. The number of hydrogen-bond donors (Lipinski definition) is 2. The first-order valence-electron chi connectivity index (χ1n) is 5.84. The van der Waals surface area contributed by atoms with Crippen LogP contribution < -0.4 is 5.32 Å². The fourth-order valence-electron chi connectivity index (χ4n) is 2.01. The van der Waals surface area contributed by atoms with E-state index in [2.05, 4.69) is 15.3 Å². The molecule has 96 valence electrons. The third-order valence-corrected chi connectivity index (χ3v) is 3.59. The van der Waals surface area contributed by atoms with E-state index in [1.807, 2.05) is 36.5 Å². The summed E-state index contributed by atoms with van der Waals surface area (Å²) in [6.07, 6.45) is 3.70. The Balaban J connectivity index is 1.87. The molecule has 0 aliphatic carbocycles. The summed E-state index contributed by atoms with van der Waals surface area (Å²) in [6.45, 7) is 0.634. The van der Waals surface area contributed by atoms with Crippen molar-refractivity contribution in [1.29, 1.82) is 0 Å². The standard InChI is InChI=1S/C14H11Cl2N3/c15-11-4-1-5-12(16)13(11)18-7-9-8-19-14-10(9)3-2-6-17-14/h1-6,8,18H,7H2,(H,17,19). The zero-order valence-corrected chi connectivity index (χ0v) is 11.5. The van der Waals surface area contributed by atoms with Crippen LogP contribution in [-0.4, -0.2) is 9.97 Å². The van der Waals surface area contributed by atoms with Gasteiger partial charge in [-0.25, -0.2) is 4.98 Å². The molecule has 2 heterocycles. The highest BCUT2D eigenvalue weighted by Crippen LogP contribution is 2.30. The van der Waals surface area contributed by atoms with Crippen molar-refractivity contribution in [3.8, 4) is 0 Å². The third-order valence-electron chi connectivity index (χ3n) is 2.96. The molecule has 0 fully saturated rings. The minimum Gasteiger partial charge on any atom is -0.378 e. The van der Waals surface area contributed by atoms with Crippen molar-refractivity contribution in [1.82, 2.24) is 9.97 Å². The zero-order valence-electron chi connectivity index (χ0n) is 9.95. The number of para-hydroxylation sites is 1. The summed E-state index contributed by atoms with van der Waals surface area (Å²) in [6, 6.07) is 9.40. The Morgan fingerprint density at radius 1 is 1.11 bits per heavy atom. The number of pyridine rings is 1. The van der Waals surface area contributed by atoms with E-state index in [0.29, 0.717) is 16.6 Å². The number of rotatable bonds is 3. The van der Waals surface area contributed by atoms with Gasteiger partial charge in [-0.2, -0.15) is 0 Å². The van der Waals surface area contributed by atoms with Crippen molar-refractivity contribution >= 4 is 39.9 Å². The van der Waals surface area contributed by atoms with Crippen molar-refractivity contribution < 1.29 is 0 Å². The van der Waals surface area contributed by atoms with E-state index in [1.165, 1.54) is 0 Å². The molecule has 0 aliphatic heterocycles. The van der Waals surface area contributed by atoms with Gasteiger partial charge in [-0.1, -0.05) is 29.3 Å². The third kappa shape index (κ3) is 2.39. The topological polar surface area (TPSA) is 40.7 Å². The lowest BCUT2D eigenvalue weighted by Crippen LogP contribution is -2.00. The molecule has 3 rings (SSSR count). The van der Waals surface area contributed by atoms with Crippen molar-refractivity contribution in [3.05, 3.63) is 58.3 Å². The van der Waals surface area contributed by atoms with Gasteiger partial charge in [0.2, 0.25) is 0 Å². The number of anilines is 1. The quantitative estimate of drug-likeness (QED) is 0.747. The number of hydrogen-bond acceptors (Lipinski definition) is 2. The molecule has 5 heteroatoms. The number of benzene rings is 1. The molecule has 3 nitrogen and oxygen atoms in total. The molecule has 0 saturated heterocycles. The largest absolute Gasteiger partial charge is 0.378 e. The smallest absolute Gasteiger partial charge is 0.137 e. The normalized spacial score (nSPS) is 10.8. The molecule has 0 bridgehead atoms. The second-order valence-corrected chi connectivity index (χ2v) is 4.98. The van der Waals surface area contributed by atoms with E-state index in [0.717, 1.165) is 22.3 Å². The second-order valence-electron chi connectivity index (χ2n) is 4.16. The van der Waals surface area contributed by atoms with Crippen LogP contribution in [0.3, 0.4) is 0 Å². The number of fused-ring (bicyclic) bond motifs is 1. The van der Waals surface area contributed by atoms with Crippen LogP contribution in [0.2, 0.25) is 10.0 Å². The zero-order chi connectivity index (χ0) is 13.2. The van der Waals surface area contributed by atoms with Crippen molar-refractivity contribution in [2.75, 3.05) is 5.32 Å². The second kappa shape index (κ2) is 5.11. The molecule has 3 aromatic rings. The van der Waals surface area contributed by atoms with Gasteiger partial charge in [0.25, 0.3) is 0 Å². The number of nitrogens with zero attached hydrogens (tertiary/aromatic N) is 1. The van der Waals surface area contributed by atoms with E-state index in [1.54, 1.807) is 6.20 Å². The minimum absolute atomic E-state index is 0.616. The van der Waals surface area contributed by atoms with Gasteiger partial charge < -0.3 is 10.3 Å². The first-order valence-corrected chi connectivity index (χ1v) is 6.60. The predicted octanol–water partition coefficient (Wildman–Crippen LogP) is 4.48. The molecular weight excluding hydrogens is 281 g/mol. The van der Waals surface area contributed by atoms with Gasteiger partial charge in [-0.15, -0.1) is 0 Å². The van der Waals surface area contributed by atoms with Gasteiger partial charge in [0, 0.05) is 24.3 Å².